The quantitative estimate of drug-likeness (QED) is 0.656. The minimum Gasteiger partial charge on any atom is -0.375 e. The molecule has 0 aliphatic carbocycles. The highest BCUT2D eigenvalue weighted by atomic mass is 35.5. The molecule has 2 heterocycles. The first-order chi connectivity index (χ1) is 14.0. The third kappa shape index (κ3) is 3.88. The first-order valence-corrected chi connectivity index (χ1v) is 10.9. The maximum atomic E-state index is 6.17. The smallest absolute Gasteiger partial charge is 0.145 e. The number of aliphatic imine (C=N–C) groups is 1. The highest BCUT2D eigenvalue weighted by Gasteiger charge is 2.53. The Labute approximate surface area is 178 Å². The molecule has 1 unspecified atom stereocenters. The van der Waals surface area contributed by atoms with Crippen LogP contribution in [-0.2, 0) is 11.3 Å². The zero-order valence-electron chi connectivity index (χ0n) is 17.5. The average Bonchev–Trinajstić information content (AvgIpc) is 2.68. The van der Waals surface area contributed by atoms with E-state index in [1.54, 1.807) is 0 Å². The van der Waals surface area contributed by atoms with E-state index in [0.29, 0.717) is 31.7 Å². The Morgan fingerprint density at radius 1 is 1.17 bits per heavy atom. The molecule has 4 nitrogen and oxygen atoms in total. The van der Waals surface area contributed by atoms with Crippen molar-refractivity contribution in [1.29, 1.82) is 0 Å². The molecule has 1 N–H and O–H groups in total. The summed E-state index contributed by atoms with van der Waals surface area (Å²) in [6, 6.07) is 16.9. The number of rotatable bonds is 6. The van der Waals surface area contributed by atoms with Crippen molar-refractivity contribution in [2.24, 2.45) is 10.9 Å². The number of para-hydroxylation sites is 2. The lowest BCUT2D eigenvalue weighted by atomic mass is 9.85. The molecule has 0 aromatic heterocycles. The van der Waals surface area contributed by atoms with Gasteiger partial charge in [-0.1, -0.05) is 56.6 Å². The van der Waals surface area contributed by atoms with Gasteiger partial charge in [0.25, 0.3) is 0 Å². The Hall–Kier alpha value is -2.04. The van der Waals surface area contributed by atoms with Crippen molar-refractivity contribution in [3.8, 4) is 0 Å². The first kappa shape index (κ1) is 20.2. The molecule has 4 rings (SSSR count). The summed E-state index contributed by atoms with van der Waals surface area (Å²) in [6.45, 7) is 8.81. The van der Waals surface area contributed by atoms with Crippen LogP contribution >= 0.6 is 11.6 Å². The van der Waals surface area contributed by atoms with Crippen LogP contribution in [0.25, 0.3) is 0 Å². The molecule has 154 valence electrons. The SMILES string of the molecule is CCC(CC(C)C)N1c2ccccc2NC(=NCc2cccc(Cl)c2)C12COC2. The van der Waals surface area contributed by atoms with Gasteiger partial charge in [0.2, 0.25) is 0 Å². The Morgan fingerprint density at radius 2 is 1.97 bits per heavy atom. The summed E-state index contributed by atoms with van der Waals surface area (Å²) in [5.74, 6) is 1.64. The van der Waals surface area contributed by atoms with Crippen molar-refractivity contribution in [2.75, 3.05) is 23.4 Å². The fourth-order valence-electron chi connectivity index (χ4n) is 4.49. The molecule has 2 aromatic carbocycles. The number of nitrogens with one attached hydrogen (secondary N) is 1. The van der Waals surface area contributed by atoms with Crippen molar-refractivity contribution in [3.05, 3.63) is 59.1 Å². The van der Waals surface area contributed by atoms with Crippen molar-refractivity contribution in [1.82, 2.24) is 0 Å². The fourth-order valence-corrected chi connectivity index (χ4v) is 4.70. The molecule has 1 spiro atoms. The van der Waals surface area contributed by atoms with Gasteiger partial charge in [-0.05, 0) is 48.6 Å². The molecule has 5 heteroatoms. The molecular weight excluding hydrogens is 382 g/mol. The van der Waals surface area contributed by atoms with Gasteiger partial charge in [0.15, 0.2) is 0 Å². The number of hydrogen-bond donors (Lipinski definition) is 1. The van der Waals surface area contributed by atoms with Crippen LogP contribution in [-0.4, -0.2) is 30.6 Å². The lowest BCUT2D eigenvalue weighted by molar-refractivity contribution is -0.0271. The lowest BCUT2D eigenvalue weighted by Gasteiger charge is -2.57. The fraction of sp³-hybridized carbons (Fsp3) is 0.458. The molecule has 2 aromatic rings. The third-order valence-corrected chi connectivity index (χ3v) is 6.12. The van der Waals surface area contributed by atoms with Gasteiger partial charge in [-0.15, -0.1) is 0 Å². The summed E-state index contributed by atoms with van der Waals surface area (Å²) in [7, 11) is 0. The summed E-state index contributed by atoms with van der Waals surface area (Å²) >= 11 is 6.17. The molecule has 0 bridgehead atoms. The van der Waals surface area contributed by atoms with Gasteiger partial charge in [-0.2, -0.15) is 0 Å². The van der Waals surface area contributed by atoms with E-state index in [2.05, 4.69) is 61.3 Å². The molecule has 1 atom stereocenters. The van der Waals surface area contributed by atoms with E-state index in [4.69, 9.17) is 21.3 Å². The van der Waals surface area contributed by atoms with Crippen molar-refractivity contribution in [3.63, 3.8) is 0 Å². The number of benzene rings is 2. The molecule has 2 aliphatic rings. The largest absolute Gasteiger partial charge is 0.375 e. The van der Waals surface area contributed by atoms with E-state index in [9.17, 15) is 0 Å². The average molecular weight is 412 g/mol. The number of anilines is 2. The molecule has 0 amide bonds. The van der Waals surface area contributed by atoms with Gasteiger partial charge in [-0.3, -0.25) is 4.99 Å². The van der Waals surface area contributed by atoms with Crippen LogP contribution < -0.4 is 10.2 Å². The zero-order chi connectivity index (χ0) is 20.4. The van der Waals surface area contributed by atoms with Crippen LogP contribution in [0.15, 0.2) is 53.5 Å². The normalized spacial score (nSPS) is 19.8. The summed E-state index contributed by atoms with van der Waals surface area (Å²) in [5, 5.41) is 4.38. The Morgan fingerprint density at radius 3 is 2.62 bits per heavy atom. The maximum absolute atomic E-state index is 6.17. The summed E-state index contributed by atoms with van der Waals surface area (Å²) in [5.41, 5.74) is 3.27. The van der Waals surface area contributed by atoms with Crippen LogP contribution in [0.2, 0.25) is 5.02 Å². The number of amidine groups is 1. The van der Waals surface area contributed by atoms with E-state index in [1.807, 2.05) is 18.2 Å². The number of ether oxygens (including phenoxy) is 1. The molecular formula is C24H30ClN3O. The monoisotopic (exact) mass is 411 g/mol. The van der Waals surface area contributed by atoms with E-state index >= 15 is 0 Å². The Balaban J connectivity index is 1.74. The Bertz CT molecular complexity index is 891. The van der Waals surface area contributed by atoms with Gasteiger partial charge in [-0.25, -0.2) is 0 Å². The third-order valence-electron chi connectivity index (χ3n) is 5.89. The molecule has 1 fully saturated rings. The second-order valence-electron chi connectivity index (χ2n) is 8.52. The molecule has 0 radical (unpaired) electrons. The van der Waals surface area contributed by atoms with E-state index in [0.717, 1.165) is 35.0 Å². The highest BCUT2D eigenvalue weighted by Crippen LogP contribution is 2.44. The van der Waals surface area contributed by atoms with Crippen LogP contribution in [0.5, 0.6) is 0 Å². The van der Waals surface area contributed by atoms with Crippen molar-refractivity contribution >= 4 is 28.8 Å². The molecule has 0 saturated carbocycles. The van der Waals surface area contributed by atoms with Crippen LogP contribution in [0.3, 0.4) is 0 Å². The van der Waals surface area contributed by atoms with Gasteiger partial charge in [0.1, 0.15) is 11.4 Å². The molecule has 2 aliphatic heterocycles. The molecule has 1 saturated heterocycles. The van der Waals surface area contributed by atoms with Crippen molar-refractivity contribution < 1.29 is 4.74 Å². The van der Waals surface area contributed by atoms with Gasteiger partial charge in [0, 0.05) is 11.1 Å². The summed E-state index contributed by atoms with van der Waals surface area (Å²) < 4.78 is 5.78. The van der Waals surface area contributed by atoms with Crippen molar-refractivity contribution in [2.45, 2.75) is 51.7 Å². The summed E-state index contributed by atoms with van der Waals surface area (Å²) in [4.78, 5) is 7.64. The van der Waals surface area contributed by atoms with E-state index in [-0.39, 0.29) is 5.54 Å². The highest BCUT2D eigenvalue weighted by molar-refractivity contribution is 6.30. The minimum atomic E-state index is -0.220. The van der Waals surface area contributed by atoms with Crippen LogP contribution in [0, 0.1) is 5.92 Å². The second-order valence-corrected chi connectivity index (χ2v) is 8.96. The maximum Gasteiger partial charge on any atom is 0.145 e. The minimum absolute atomic E-state index is 0.220. The predicted molar refractivity (Wildman–Crippen MR) is 122 cm³/mol. The summed E-state index contributed by atoms with van der Waals surface area (Å²) in [6.07, 6.45) is 2.24. The topological polar surface area (TPSA) is 36.9 Å². The molecule has 29 heavy (non-hydrogen) atoms. The zero-order valence-corrected chi connectivity index (χ0v) is 18.2. The predicted octanol–water partition coefficient (Wildman–Crippen LogP) is 5.76. The van der Waals surface area contributed by atoms with Gasteiger partial charge < -0.3 is 15.0 Å². The van der Waals surface area contributed by atoms with Gasteiger partial charge in [0.05, 0.1) is 31.1 Å². The number of fused-ring (bicyclic) bond motifs is 1. The number of halogens is 1. The number of nitrogens with zero attached hydrogens (tertiary/aromatic N) is 2. The van der Waals surface area contributed by atoms with Crippen LogP contribution in [0.4, 0.5) is 11.4 Å². The standard InChI is InChI=1S/C24H30ClN3O/c1-4-20(12-17(2)3)28-22-11-6-5-10-21(22)27-23(24(28)15-29-16-24)26-14-18-8-7-9-19(25)13-18/h5-11,13,17,20H,4,12,14-16H2,1-3H3,(H,26,27). The van der Waals surface area contributed by atoms with E-state index in [1.165, 1.54) is 5.69 Å². The lowest BCUT2D eigenvalue weighted by Crippen LogP contribution is -2.73. The van der Waals surface area contributed by atoms with Gasteiger partial charge >= 0.3 is 0 Å². The van der Waals surface area contributed by atoms with E-state index < -0.39 is 0 Å². The van der Waals surface area contributed by atoms with Crippen LogP contribution in [0.1, 0.15) is 39.2 Å². The Kier molecular flexibility index (Phi) is 5.84. The first-order valence-electron chi connectivity index (χ1n) is 10.6. The second kappa shape index (κ2) is 8.37. The number of hydrogen-bond acceptors (Lipinski definition) is 3.